The van der Waals surface area contributed by atoms with Crippen molar-refractivity contribution in [2.45, 2.75) is 19.8 Å². The first kappa shape index (κ1) is 16.8. The van der Waals surface area contributed by atoms with Gasteiger partial charge < -0.3 is 10.1 Å². The Kier molecular flexibility index (Phi) is 4.51. The largest absolute Gasteiger partial charge is 0.493 e. The second-order valence-corrected chi connectivity index (χ2v) is 6.97. The molecule has 0 bridgehead atoms. The van der Waals surface area contributed by atoms with Gasteiger partial charge in [-0.2, -0.15) is 5.10 Å². The summed E-state index contributed by atoms with van der Waals surface area (Å²) in [4.78, 5) is 16.8. The maximum atomic E-state index is 12.6. The smallest absolute Gasteiger partial charge is 0.273 e. The molecule has 0 unspecified atom stereocenters. The van der Waals surface area contributed by atoms with Gasteiger partial charge in [0.15, 0.2) is 11.3 Å². The number of benzene rings is 1. The predicted molar refractivity (Wildman–Crippen MR) is 98.8 cm³/mol. The van der Waals surface area contributed by atoms with E-state index in [2.05, 4.69) is 21.5 Å². The second kappa shape index (κ2) is 6.96. The summed E-state index contributed by atoms with van der Waals surface area (Å²) in [5, 5.41) is 7.51. The topological polar surface area (TPSA) is 68.5 Å². The van der Waals surface area contributed by atoms with Crippen molar-refractivity contribution in [3.05, 3.63) is 58.5 Å². The van der Waals surface area contributed by atoms with Crippen LogP contribution >= 0.6 is 11.6 Å². The summed E-state index contributed by atoms with van der Waals surface area (Å²) in [5.41, 5.74) is 2.81. The molecule has 0 fully saturated rings. The highest BCUT2D eigenvalue weighted by molar-refractivity contribution is 6.36. The average molecular weight is 371 g/mol. The molecular weight excluding hydrogens is 352 g/mol. The molecule has 3 aromatic rings. The quantitative estimate of drug-likeness (QED) is 0.769. The Morgan fingerprint density at radius 3 is 3.15 bits per heavy atom. The van der Waals surface area contributed by atoms with Crippen molar-refractivity contribution in [1.29, 1.82) is 0 Å². The molecule has 1 aliphatic heterocycles. The normalized spacial score (nSPS) is 16.6. The summed E-state index contributed by atoms with van der Waals surface area (Å²) >= 11 is 6.29. The van der Waals surface area contributed by atoms with Crippen molar-refractivity contribution >= 4 is 23.2 Å². The Morgan fingerprint density at radius 1 is 1.42 bits per heavy atom. The van der Waals surface area contributed by atoms with Gasteiger partial charge in [-0.15, -0.1) is 0 Å². The molecule has 2 aromatic heterocycles. The third-order valence-corrected chi connectivity index (χ3v) is 4.92. The second-order valence-electron chi connectivity index (χ2n) is 6.59. The summed E-state index contributed by atoms with van der Waals surface area (Å²) in [5.74, 6) is 0.960. The number of ether oxygens (including phenoxy) is 1. The van der Waals surface area contributed by atoms with Crippen molar-refractivity contribution in [2.75, 3.05) is 13.2 Å². The zero-order valence-corrected chi connectivity index (χ0v) is 15.2. The van der Waals surface area contributed by atoms with Crippen molar-refractivity contribution in [2.24, 2.45) is 5.92 Å². The Hall–Kier alpha value is -2.60. The van der Waals surface area contributed by atoms with Crippen LogP contribution < -0.4 is 10.1 Å². The molecule has 26 heavy (non-hydrogen) atoms. The Labute approximate surface area is 156 Å². The molecule has 1 aromatic carbocycles. The number of hydrogen-bond donors (Lipinski definition) is 1. The minimum absolute atomic E-state index is 0.204. The number of halogens is 1. The lowest BCUT2D eigenvalue weighted by Crippen LogP contribution is -2.31. The highest BCUT2D eigenvalue weighted by atomic mass is 35.5. The van der Waals surface area contributed by atoms with Crippen molar-refractivity contribution in [3.8, 4) is 5.75 Å². The molecule has 7 heteroatoms. The van der Waals surface area contributed by atoms with Crippen LogP contribution in [0.4, 0.5) is 0 Å². The van der Waals surface area contributed by atoms with Crippen LogP contribution in [0.2, 0.25) is 5.02 Å². The first-order valence-electron chi connectivity index (χ1n) is 8.61. The number of aromatic nitrogens is 3. The van der Waals surface area contributed by atoms with Crippen molar-refractivity contribution < 1.29 is 9.53 Å². The molecule has 4 rings (SSSR count). The Balaban J connectivity index is 1.47. The van der Waals surface area contributed by atoms with E-state index in [1.807, 2.05) is 25.1 Å². The van der Waals surface area contributed by atoms with Gasteiger partial charge in [0, 0.05) is 18.9 Å². The summed E-state index contributed by atoms with van der Waals surface area (Å²) in [6.45, 7) is 3.11. The van der Waals surface area contributed by atoms with Crippen LogP contribution in [0.15, 0.2) is 36.7 Å². The van der Waals surface area contributed by atoms with Crippen molar-refractivity contribution in [3.63, 3.8) is 0 Å². The monoisotopic (exact) mass is 370 g/mol. The molecule has 1 amide bonds. The van der Waals surface area contributed by atoms with E-state index in [1.54, 1.807) is 16.9 Å². The van der Waals surface area contributed by atoms with E-state index >= 15 is 0 Å². The van der Waals surface area contributed by atoms with Crippen LogP contribution in [0.5, 0.6) is 5.75 Å². The first-order valence-corrected chi connectivity index (χ1v) is 8.99. The number of fused-ring (bicyclic) bond motifs is 2. The van der Waals surface area contributed by atoms with Gasteiger partial charge in [-0.05, 0) is 42.9 Å². The maximum Gasteiger partial charge on any atom is 0.273 e. The van der Waals surface area contributed by atoms with Gasteiger partial charge in [0.1, 0.15) is 10.8 Å². The van der Waals surface area contributed by atoms with Gasteiger partial charge >= 0.3 is 0 Å². The number of nitrogens with zero attached hydrogens (tertiary/aromatic N) is 3. The molecule has 0 saturated carbocycles. The van der Waals surface area contributed by atoms with E-state index in [1.165, 1.54) is 5.56 Å². The third-order valence-electron chi connectivity index (χ3n) is 4.58. The lowest BCUT2D eigenvalue weighted by Gasteiger charge is -2.14. The molecule has 0 saturated heterocycles. The van der Waals surface area contributed by atoms with E-state index in [0.717, 1.165) is 24.2 Å². The summed E-state index contributed by atoms with van der Waals surface area (Å²) in [6, 6.07) is 8.04. The molecule has 0 radical (unpaired) electrons. The predicted octanol–water partition coefficient (Wildman–Crippen LogP) is 3.06. The van der Waals surface area contributed by atoms with Crippen LogP contribution in [-0.2, 0) is 6.42 Å². The fraction of sp³-hybridized carbons (Fsp3) is 0.316. The van der Waals surface area contributed by atoms with Gasteiger partial charge in [0.2, 0.25) is 0 Å². The molecule has 6 nitrogen and oxygen atoms in total. The highest BCUT2D eigenvalue weighted by Crippen LogP contribution is 2.26. The standard InChI is InChI=1S/C19H19ClN4O2/c1-12-9-21-18-16(20)17(23-24(18)11-12)19(25)22-10-13-6-7-26-15-5-3-2-4-14(15)8-13/h2-5,9,11,13H,6-8,10H2,1H3,(H,22,25)/t13-/m1/s1. The van der Waals surface area contributed by atoms with Crippen LogP contribution in [-0.4, -0.2) is 33.7 Å². The van der Waals surface area contributed by atoms with Gasteiger partial charge in [0.05, 0.1) is 6.61 Å². The summed E-state index contributed by atoms with van der Waals surface area (Å²) in [6.07, 6.45) is 5.25. The van der Waals surface area contributed by atoms with Gasteiger partial charge in [-0.25, -0.2) is 9.50 Å². The summed E-state index contributed by atoms with van der Waals surface area (Å²) < 4.78 is 7.33. The number of para-hydroxylation sites is 1. The van der Waals surface area contributed by atoms with E-state index in [0.29, 0.717) is 24.7 Å². The molecule has 1 N–H and O–H groups in total. The molecule has 1 atom stereocenters. The number of carbonyl (C=O) groups is 1. The number of rotatable bonds is 3. The molecule has 134 valence electrons. The fourth-order valence-electron chi connectivity index (χ4n) is 3.20. The number of carbonyl (C=O) groups excluding carboxylic acids is 1. The zero-order chi connectivity index (χ0) is 18.1. The van der Waals surface area contributed by atoms with Crippen LogP contribution in [0.3, 0.4) is 0 Å². The minimum atomic E-state index is -0.281. The molecular formula is C19H19ClN4O2. The number of aryl methyl sites for hydroxylation is 1. The number of nitrogens with one attached hydrogen (secondary N) is 1. The first-order chi connectivity index (χ1) is 12.6. The Bertz CT molecular complexity index is 969. The number of hydrogen-bond acceptors (Lipinski definition) is 4. The lowest BCUT2D eigenvalue weighted by molar-refractivity contribution is 0.0940. The fourth-order valence-corrected chi connectivity index (χ4v) is 3.46. The maximum absolute atomic E-state index is 12.6. The molecule has 0 aliphatic carbocycles. The summed E-state index contributed by atoms with van der Waals surface area (Å²) in [7, 11) is 0. The minimum Gasteiger partial charge on any atom is -0.493 e. The lowest BCUT2D eigenvalue weighted by atomic mass is 9.97. The van der Waals surface area contributed by atoms with E-state index < -0.39 is 0 Å². The van der Waals surface area contributed by atoms with Crippen LogP contribution in [0.25, 0.3) is 5.65 Å². The van der Waals surface area contributed by atoms with Crippen molar-refractivity contribution in [1.82, 2.24) is 19.9 Å². The van der Waals surface area contributed by atoms with Gasteiger partial charge in [-0.3, -0.25) is 4.79 Å². The third kappa shape index (κ3) is 3.24. The molecule has 0 spiro atoms. The van der Waals surface area contributed by atoms with E-state index in [9.17, 15) is 4.79 Å². The highest BCUT2D eigenvalue weighted by Gasteiger charge is 2.22. The van der Waals surface area contributed by atoms with Crippen LogP contribution in [0, 0.1) is 12.8 Å². The van der Waals surface area contributed by atoms with E-state index in [-0.39, 0.29) is 16.6 Å². The zero-order valence-electron chi connectivity index (χ0n) is 14.4. The SMILES string of the molecule is Cc1cnc2c(Cl)c(C(=O)NC[C@@H]3CCOc4ccccc4C3)nn2c1. The van der Waals surface area contributed by atoms with Gasteiger partial charge in [0.25, 0.3) is 5.91 Å². The average Bonchev–Trinajstić information content (AvgIpc) is 2.83. The molecule has 3 heterocycles. The van der Waals surface area contributed by atoms with E-state index in [4.69, 9.17) is 16.3 Å². The Morgan fingerprint density at radius 2 is 2.27 bits per heavy atom. The van der Waals surface area contributed by atoms with Crippen LogP contribution in [0.1, 0.15) is 28.0 Å². The molecule has 1 aliphatic rings. The number of amides is 1. The van der Waals surface area contributed by atoms with Gasteiger partial charge in [-0.1, -0.05) is 29.8 Å².